The molecule has 1 aliphatic heterocycles. The number of likely N-dealkylation sites (N-methyl/N-ethyl adjacent to an activating group) is 1. The Morgan fingerprint density at radius 1 is 1.12 bits per heavy atom. The van der Waals surface area contributed by atoms with Crippen LogP contribution in [0.4, 0.5) is 5.82 Å². The van der Waals surface area contributed by atoms with Gasteiger partial charge in [-0.15, -0.1) is 11.3 Å². The summed E-state index contributed by atoms with van der Waals surface area (Å²) in [5.41, 5.74) is -1.12. The van der Waals surface area contributed by atoms with E-state index in [0.717, 1.165) is 9.44 Å². The molecule has 0 aliphatic carbocycles. The SMILES string of the molecule is Cc1cc(-c2cc(NCc3ccc(Cl)s3)n(C(=O)C(C)(C)C)n2)c(=O)n(CC(=O)N2CCN(C)CC2)c1C(=O)O. The molecule has 0 atom stereocenters. The molecule has 1 saturated heterocycles. The highest BCUT2D eigenvalue weighted by molar-refractivity contribution is 7.16. The number of hydrogen-bond donors (Lipinski definition) is 2. The van der Waals surface area contributed by atoms with Gasteiger partial charge in [-0.2, -0.15) is 9.78 Å². The fraction of sp³-hybridized carbons (Fsp3) is 0.444. The number of amides is 1. The van der Waals surface area contributed by atoms with Crippen LogP contribution in [-0.4, -0.2) is 80.3 Å². The van der Waals surface area contributed by atoms with Crippen LogP contribution in [-0.2, 0) is 17.9 Å². The second-order valence-electron chi connectivity index (χ2n) is 10.9. The average molecular weight is 589 g/mol. The van der Waals surface area contributed by atoms with Gasteiger partial charge in [0.05, 0.1) is 16.4 Å². The Morgan fingerprint density at radius 3 is 2.38 bits per heavy atom. The van der Waals surface area contributed by atoms with Crippen LogP contribution in [0.1, 0.15) is 46.5 Å². The van der Waals surface area contributed by atoms with Crippen molar-refractivity contribution < 1.29 is 19.5 Å². The molecule has 1 aliphatic rings. The van der Waals surface area contributed by atoms with Gasteiger partial charge >= 0.3 is 5.97 Å². The summed E-state index contributed by atoms with van der Waals surface area (Å²) in [4.78, 5) is 56.9. The molecule has 0 aromatic carbocycles. The number of carboxylic acids is 1. The number of carboxylic acid groups (broad SMARTS) is 1. The van der Waals surface area contributed by atoms with E-state index in [4.69, 9.17) is 11.6 Å². The third-order valence-corrected chi connectivity index (χ3v) is 7.95. The van der Waals surface area contributed by atoms with Crippen molar-refractivity contribution in [2.75, 3.05) is 38.5 Å². The lowest BCUT2D eigenvalue weighted by Crippen LogP contribution is -2.49. The normalized spacial score (nSPS) is 14.4. The number of aromatic carboxylic acids is 1. The molecule has 0 spiro atoms. The number of carbonyl (C=O) groups is 3. The predicted molar refractivity (Wildman–Crippen MR) is 154 cm³/mol. The maximum absolute atomic E-state index is 13.7. The predicted octanol–water partition coefficient (Wildman–Crippen LogP) is 3.51. The fourth-order valence-electron chi connectivity index (χ4n) is 4.45. The van der Waals surface area contributed by atoms with Crippen molar-refractivity contribution in [2.24, 2.45) is 5.41 Å². The van der Waals surface area contributed by atoms with E-state index in [1.807, 2.05) is 13.1 Å². The van der Waals surface area contributed by atoms with E-state index in [-0.39, 0.29) is 28.8 Å². The van der Waals surface area contributed by atoms with Gasteiger partial charge in [0, 0.05) is 42.5 Å². The topological polar surface area (TPSA) is 130 Å². The van der Waals surface area contributed by atoms with Crippen LogP contribution in [0.25, 0.3) is 11.3 Å². The number of thiophene rings is 1. The van der Waals surface area contributed by atoms with Gasteiger partial charge in [-0.3, -0.25) is 19.0 Å². The van der Waals surface area contributed by atoms with Crippen molar-refractivity contribution in [3.8, 4) is 11.3 Å². The third-order valence-electron chi connectivity index (χ3n) is 6.72. The van der Waals surface area contributed by atoms with Crippen LogP contribution in [0.3, 0.4) is 0 Å². The van der Waals surface area contributed by atoms with Gasteiger partial charge in [0.1, 0.15) is 23.8 Å². The highest BCUT2D eigenvalue weighted by atomic mass is 35.5. The first-order valence-corrected chi connectivity index (χ1v) is 14.0. The molecule has 0 bridgehead atoms. The first-order valence-electron chi connectivity index (χ1n) is 12.8. The second kappa shape index (κ2) is 11.6. The number of rotatable bonds is 7. The second-order valence-corrected chi connectivity index (χ2v) is 12.7. The van der Waals surface area contributed by atoms with Crippen LogP contribution in [0, 0.1) is 12.3 Å². The van der Waals surface area contributed by atoms with E-state index in [0.29, 0.717) is 48.4 Å². The minimum atomic E-state index is -1.31. The third kappa shape index (κ3) is 6.29. The van der Waals surface area contributed by atoms with Crippen molar-refractivity contribution >= 4 is 46.5 Å². The number of hydrogen-bond acceptors (Lipinski definition) is 8. The van der Waals surface area contributed by atoms with E-state index < -0.39 is 23.5 Å². The number of aromatic nitrogens is 3. The molecule has 1 amide bonds. The zero-order valence-electron chi connectivity index (χ0n) is 23.2. The van der Waals surface area contributed by atoms with Gasteiger partial charge in [0.15, 0.2) is 0 Å². The molecule has 13 heteroatoms. The summed E-state index contributed by atoms with van der Waals surface area (Å²) in [7, 11) is 1.96. The quantitative estimate of drug-likeness (QED) is 0.429. The van der Waals surface area contributed by atoms with Crippen molar-refractivity contribution in [1.82, 2.24) is 24.1 Å². The lowest BCUT2D eigenvalue weighted by Gasteiger charge is -2.32. The molecule has 0 radical (unpaired) electrons. The van der Waals surface area contributed by atoms with Crippen molar-refractivity contribution in [3.63, 3.8) is 0 Å². The molecule has 214 valence electrons. The summed E-state index contributed by atoms with van der Waals surface area (Å²) >= 11 is 7.45. The Kier molecular flexibility index (Phi) is 8.52. The molecule has 40 heavy (non-hydrogen) atoms. The average Bonchev–Trinajstić information content (AvgIpc) is 3.49. The molecule has 1 fully saturated rings. The molecule has 2 N–H and O–H groups in total. The molecular weight excluding hydrogens is 556 g/mol. The van der Waals surface area contributed by atoms with Crippen molar-refractivity contribution in [1.29, 1.82) is 0 Å². The van der Waals surface area contributed by atoms with E-state index in [2.05, 4.69) is 15.3 Å². The van der Waals surface area contributed by atoms with Gasteiger partial charge in [0.25, 0.3) is 11.5 Å². The Hall–Kier alpha value is -3.48. The fourth-order valence-corrected chi connectivity index (χ4v) is 5.48. The molecule has 11 nitrogen and oxygen atoms in total. The van der Waals surface area contributed by atoms with E-state index >= 15 is 0 Å². The number of anilines is 1. The molecule has 4 heterocycles. The largest absolute Gasteiger partial charge is 0.477 e. The van der Waals surface area contributed by atoms with Crippen LogP contribution in [0.15, 0.2) is 29.1 Å². The van der Waals surface area contributed by atoms with Crippen LogP contribution in [0.5, 0.6) is 0 Å². The summed E-state index contributed by atoms with van der Waals surface area (Å²) in [6.07, 6.45) is 0. The summed E-state index contributed by atoms with van der Waals surface area (Å²) < 4.78 is 2.86. The summed E-state index contributed by atoms with van der Waals surface area (Å²) in [5, 5.41) is 17.6. The Morgan fingerprint density at radius 2 is 1.80 bits per heavy atom. The van der Waals surface area contributed by atoms with Gasteiger partial charge in [-0.25, -0.2) is 4.79 Å². The smallest absolute Gasteiger partial charge is 0.352 e. The van der Waals surface area contributed by atoms with Crippen molar-refractivity contribution in [3.05, 3.63) is 55.1 Å². The van der Waals surface area contributed by atoms with Crippen LogP contribution in [0.2, 0.25) is 4.34 Å². The number of carbonyl (C=O) groups excluding carboxylic acids is 2. The van der Waals surface area contributed by atoms with Crippen LogP contribution >= 0.6 is 22.9 Å². The van der Waals surface area contributed by atoms with Gasteiger partial charge in [-0.1, -0.05) is 32.4 Å². The number of aryl methyl sites for hydroxylation is 1. The Labute approximate surface area is 241 Å². The molecular formula is C27H33ClN6O5S. The summed E-state index contributed by atoms with van der Waals surface area (Å²) in [6, 6.07) is 6.68. The maximum atomic E-state index is 13.7. The highest BCUT2D eigenvalue weighted by Crippen LogP contribution is 2.27. The number of pyridine rings is 1. The molecule has 0 unspecified atom stereocenters. The molecule has 3 aromatic rings. The zero-order chi connectivity index (χ0) is 29.4. The lowest BCUT2D eigenvalue weighted by molar-refractivity contribution is -0.133. The summed E-state index contributed by atoms with van der Waals surface area (Å²) in [6.45, 7) is 9.21. The van der Waals surface area contributed by atoms with Crippen molar-refractivity contribution in [2.45, 2.75) is 40.8 Å². The van der Waals surface area contributed by atoms with E-state index in [9.17, 15) is 24.3 Å². The Bertz CT molecular complexity index is 1510. The number of halogens is 1. The first kappa shape index (κ1) is 29.5. The number of nitrogens with zero attached hydrogens (tertiary/aromatic N) is 5. The van der Waals surface area contributed by atoms with E-state index in [1.54, 1.807) is 44.7 Å². The van der Waals surface area contributed by atoms with Gasteiger partial charge in [-0.05, 0) is 37.7 Å². The molecule has 4 rings (SSSR count). The zero-order valence-corrected chi connectivity index (χ0v) is 24.7. The number of nitrogens with one attached hydrogen (secondary N) is 1. The Balaban J connectivity index is 1.76. The maximum Gasteiger partial charge on any atom is 0.352 e. The minimum absolute atomic E-state index is 0.0938. The lowest BCUT2D eigenvalue weighted by atomic mass is 9.96. The monoisotopic (exact) mass is 588 g/mol. The van der Waals surface area contributed by atoms with Gasteiger partial charge in [0.2, 0.25) is 5.91 Å². The highest BCUT2D eigenvalue weighted by Gasteiger charge is 2.29. The molecule has 0 saturated carbocycles. The summed E-state index contributed by atoms with van der Waals surface area (Å²) in [5.74, 6) is -1.56. The minimum Gasteiger partial charge on any atom is -0.477 e. The van der Waals surface area contributed by atoms with Crippen LogP contribution < -0.4 is 10.9 Å². The molecule has 3 aromatic heterocycles. The van der Waals surface area contributed by atoms with Gasteiger partial charge < -0.3 is 20.2 Å². The first-order chi connectivity index (χ1) is 18.8. The van der Waals surface area contributed by atoms with E-state index in [1.165, 1.54) is 22.1 Å². The standard InChI is InChI=1S/C27H33ClN6O5S/c1-16-12-18(24(36)33(23(16)25(37)38)15-22(35)32-10-8-31(5)9-11-32)19-13-21(29-14-17-6-7-20(28)40-17)34(30-19)26(39)27(2,3)4/h6-7,12-13,29H,8-11,14-15H2,1-5H3,(H,37,38). The number of piperazine rings is 1.